The minimum absolute atomic E-state index is 0.521. The first kappa shape index (κ1) is 9.98. The highest BCUT2D eigenvalue weighted by atomic mass is 16.3. The maximum Gasteiger partial charge on any atom is 0.125 e. The van der Waals surface area contributed by atoms with Crippen LogP contribution in [0.3, 0.4) is 0 Å². The van der Waals surface area contributed by atoms with Gasteiger partial charge in [-0.15, -0.1) is 0 Å². The molecule has 0 fully saturated rings. The standard InChI is InChI=1S/C11H15N3O/c1-8-3-4-14(13-8)7-11-5-10(6-12)9(2)15-11/h3-5H,6-7,12H2,1-2H3. The van der Waals surface area contributed by atoms with Crippen molar-refractivity contribution in [3.8, 4) is 0 Å². The Morgan fingerprint density at radius 1 is 1.47 bits per heavy atom. The Labute approximate surface area is 88.7 Å². The molecule has 0 aliphatic carbocycles. The van der Waals surface area contributed by atoms with Gasteiger partial charge in [-0.25, -0.2) is 0 Å². The number of hydrogen-bond acceptors (Lipinski definition) is 3. The molecule has 0 aliphatic rings. The van der Waals surface area contributed by atoms with Crippen LogP contribution in [0.2, 0.25) is 0 Å². The van der Waals surface area contributed by atoms with Gasteiger partial charge >= 0.3 is 0 Å². The fraction of sp³-hybridized carbons (Fsp3) is 0.364. The highest BCUT2D eigenvalue weighted by Gasteiger charge is 2.06. The molecule has 4 heteroatoms. The molecule has 2 N–H and O–H groups in total. The van der Waals surface area contributed by atoms with Gasteiger partial charge in [0.1, 0.15) is 11.5 Å². The molecule has 0 aliphatic heterocycles. The summed E-state index contributed by atoms with van der Waals surface area (Å²) in [6.45, 7) is 5.08. The Balaban J connectivity index is 2.17. The summed E-state index contributed by atoms with van der Waals surface area (Å²) in [4.78, 5) is 0. The van der Waals surface area contributed by atoms with Crippen molar-refractivity contribution < 1.29 is 4.42 Å². The van der Waals surface area contributed by atoms with Crippen molar-refractivity contribution in [3.63, 3.8) is 0 Å². The van der Waals surface area contributed by atoms with Crippen molar-refractivity contribution >= 4 is 0 Å². The second kappa shape index (κ2) is 3.90. The predicted octanol–water partition coefficient (Wildman–Crippen LogP) is 1.60. The van der Waals surface area contributed by atoms with Gasteiger partial charge in [0.25, 0.3) is 0 Å². The maximum absolute atomic E-state index is 5.58. The van der Waals surface area contributed by atoms with Crippen molar-refractivity contribution in [1.82, 2.24) is 9.78 Å². The van der Waals surface area contributed by atoms with Crippen LogP contribution in [0, 0.1) is 13.8 Å². The summed E-state index contributed by atoms with van der Waals surface area (Å²) in [7, 11) is 0. The molecule has 0 aromatic carbocycles. The summed E-state index contributed by atoms with van der Waals surface area (Å²) in [6, 6.07) is 3.96. The van der Waals surface area contributed by atoms with Crippen LogP contribution >= 0.6 is 0 Å². The molecule has 0 saturated carbocycles. The minimum Gasteiger partial charge on any atom is -0.464 e. The molecule has 0 amide bonds. The van der Waals surface area contributed by atoms with E-state index in [0.717, 1.165) is 22.8 Å². The van der Waals surface area contributed by atoms with Gasteiger partial charge in [0.15, 0.2) is 0 Å². The number of rotatable bonds is 3. The fourth-order valence-corrected chi connectivity index (χ4v) is 1.58. The highest BCUT2D eigenvalue weighted by Crippen LogP contribution is 2.14. The summed E-state index contributed by atoms with van der Waals surface area (Å²) >= 11 is 0. The van der Waals surface area contributed by atoms with Gasteiger partial charge in [-0.3, -0.25) is 4.68 Å². The van der Waals surface area contributed by atoms with Crippen LogP contribution in [0.15, 0.2) is 22.7 Å². The first-order valence-corrected chi connectivity index (χ1v) is 4.97. The molecule has 0 saturated heterocycles. The lowest BCUT2D eigenvalue weighted by molar-refractivity contribution is 0.457. The number of nitrogens with zero attached hydrogens (tertiary/aromatic N) is 2. The highest BCUT2D eigenvalue weighted by molar-refractivity contribution is 5.20. The van der Waals surface area contributed by atoms with Crippen molar-refractivity contribution in [2.75, 3.05) is 0 Å². The van der Waals surface area contributed by atoms with Crippen LogP contribution in [-0.4, -0.2) is 9.78 Å². The third-order valence-corrected chi connectivity index (χ3v) is 2.38. The topological polar surface area (TPSA) is 57.0 Å². The van der Waals surface area contributed by atoms with Gasteiger partial charge in [-0.05, 0) is 26.0 Å². The molecule has 0 radical (unpaired) electrons. The summed E-state index contributed by atoms with van der Waals surface area (Å²) in [5.74, 6) is 1.80. The molecule has 2 aromatic heterocycles. The lowest BCUT2D eigenvalue weighted by Crippen LogP contribution is -1.99. The van der Waals surface area contributed by atoms with E-state index in [1.54, 1.807) is 0 Å². The van der Waals surface area contributed by atoms with Gasteiger partial charge < -0.3 is 10.2 Å². The summed E-state index contributed by atoms with van der Waals surface area (Å²) in [5.41, 5.74) is 7.65. The second-order valence-corrected chi connectivity index (χ2v) is 3.65. The number of furan rings is 1. The molecule has 0 bridgehead atoms. The van der Waals surface area contributed by atoms with E-state index >= 15 is 0 Å². The van der Waals surface area contributed by atoms with Gasteiger partial charge in [0, 0.05) is 18.3 Å². The SMILES string of the molecule is Cc1ccn(Cc2cc(CN)c(C)o2)n1. The van der Waals surface area contributed by atoms with Gasteiger partial charge in [-0.2, -0.15) is 5.10 Å². The van der Waals surface area contributed by atoms with Crippen LogP contribution in [0.25, 0.3) is 0 Å². The first-order chi connectivity index (χ1) is 7.19. The van der Waals surface area contributed by atoms with Crippen LogP contribution in [0.5, 0.6) is 0 Å². The largest absolute Gasteiger partial charge is 0.464 e. The van der Waals surface area contributed by atoms with Gasteiger partial charge in [0.2, 0.25) is 0 Å². The normalized spacial score (nSPS) is 10.9. The molecular formula is C11H15N3O. The zero-order valence-corrected chi connectivity index (χ0v) is 9.03. The average Bonchev–Trinajstić information content (AvgIpc) is 2.73. The van der Waals surface area contributed by atoms with E-state index < -0.39 is 0 Å². The lowest BCUT2D eigenvalue weighted by atomic mass is 10.2. The Hall–Kier alpha value is -1.55. The number of aromatic nitrogens is 2. The van der Waals surface area contributed by atoms with Gasteiger partial charge in [0.05, 0.1) is 12.2 Å². The zero-order chi connectivity index (χ0) is 10.8. The van der Waals surface area contributed by atoms with Crippen molar-refractivity contribution in [2.45, 2.75) is 26.9 Å². The van der Waals surface area contributed by atoms with Crippen LogP contribution in [0.1, 0.15) is 22.8 Å². The fourth-order valence-electron chi connectivity index (χ4n) is 1.58. The predicted molar refractivity (Wildman–Crippen MR) is 57.4 cm³/mol. The molecule has 4 nitrogen and oxygen atoms in total. The lowest BCUT2D eigenvalue weighted by Gasteiger charge is -1.96. The molecule has 0 spiro atoms. The van der Waals surface area contributed by atoms with Gasteiger partial charge in [-0.1, -0.05) is 0 Å². The van der Waals surface area contributed by atoms with Crippen molar-refractivity contribution in [3.05, 3.63) is 41.1 Å². The molecule has 2 aromatic rings. The molecule has 0 atom stereocenters. The Morgan fingerprint density at radius 2 is 2.27 bits per heavy atom. The molecule has 2 rings (SSSR count). The van der Waals surface area contributed by atoms with Crippen LogP contribution in [0.4, 0.5) is 0 Å². The summed E-state index contributed by atoms with van der Waals surface area (Å²) in [6.07, 6.45) is 1.94. The molecule has 80 valence electrons. The van der Waals surface area contributed by atoms with E-state index in [1.165, 1.54) is 0 Å². The quantitative estimate of drug-likeness (QED) is 0.828. The molecule has 0 unspecified atom stereocenters. The molecule has 2 heterocycles. The second-order valence-electron chi connectivity index (χ2n) is 3.65. The maximum atomic E-state index is 5.58. The van der Waals surface area contributed by atoms with E-state index in [4.69, 9.17) is 10.2 Å². The zero-order valence-electron chi connectivity index (χ0n) is 9.03. The molecule has 15 heavy (non-hydrogen) atoms. The smallest absolute Gasteiger partial charge is 0.125 e. The Kier molecular flexibility index (Phi) is 2.60. The van der Waals surface area contributed by atoms with E-state index in [2.05, 4.69) is 5.10 Å². The van der Waals surface area contributed by atoms with E-state index in [0.29, 0.717) is 13.1 Å². The average molecular weight is 205 g/mol. The summed E-state index contributed by atoms with van der Waals surface area (Å²) in [5, 5.41) is 4.30. The Morgan fingerprint density at radius 3 is 2.80 bits per heavy atom. The number of nitrogens with two attached hydrogens (primary N) is 1. The number of hydrogen-bond donors (Lipinski definition) is 1. The van der Waals surface area contributed by atoms with Crippen LogP contribution in [-0.2, 0) is 13.1 Å². The van der Waals surface area contributed by atoms with Crippen molar-refractivity contribution in [1.29, 1.82) is 0 Å². The summed E-state index contributed by atoms with van der Waals surface area (Å²) < 4.78 is 7.43. The minimum atomic E-state index is 0.521. The van der Waals surface area contributed by atoms with E-state index in [9.17, 15) is 0 Å². The third kappa shape index (κ3) is 2.10. The first-order valence-electron chi connectivity index (χ1n) is 4.97. The third-order valence-electron chi connectivity index (χ3n) is 2.38. The number of aryl methyl sites for hydroxylation is 2. The van der Waals surface area contributed by atoms with E-state index in [-0.39, 0.29) is 0 Å². The Bertz CT molecular complexity index is 456. The molecular weight excluding hydrogens is 190 g/mol. The van der Waals surface area contributed by atoms with E-state index in [1.807, 2.05) is 36.9 Å². The monoisotopic (exact) mass is 205 g/mol. The van der Waals surface area contributed by atoms with Crippen LogP contribution < -0.4 is 5.73 Å². The van der Waals surface area contributed by atoms with Crippen molar-refractivity contribution in [2.24, 2.45) is 5.73 Å².